The van der Waals surface area contributed by atoms with Gasteiger partial charge in [-0.3, -0.25) is 0 Å². The topological polar surface area (TPSA) is 58.6 Å². The maximum atomic E-state index is 10.7. The molecule has 1 rings (SSSR count). The highest BCUT2D eigenvalue weighted by molar-refractivity contribution is 5.86. The van der Waals surface area contributed by atoms with Gasteiger partial charge in [0.05, 0.1) is 6.10 Å². The summed E-state index contributed by atoms with van der Waals surface area (Å²) in [7, 11) is 0. The first-order valence-corrected chi connectivity index (χ1v) is 5.98. The lowest BCUT2D eigenvalue weighted by Crippen LogP contribution is -2.20. The van der Waals surface area contributed by atoms with Gasteiger partial charge in [-0.15, -0.1) is 0 Å². The third kappa shape index (κ3) is 4.77. The smallest absolute Gasteiger partial charge is 0.331 e. The van der Waals surface area contributed by atoms with Crippen LogP contribution in [0.15, 0.2) is 11.6 Å². The highest BCUT2D eigenvalue weighted by Gasteiger charge is 2.14. The van der Waals surface area contributed by atoms with Gasteiger partial charge >= 0.3 is 5.97 Å². The minimum Gasteiger partial charge on any atom is -0.478 e. The van der Waals surface area contributed by atoms with E-state index in [2.05, 4.69) is 5.32 Å². The average molecular weight is 227 g/mol. The van der Waals surface area contributed by atoms with E-state index in [4.69, 9.17) is 9.84 Å². The first kappa shape index (κ1) is 13.2. The van der Waals surface area contributed by atoms with Crippen molar-refractivity contribution in [3.05, 3.63) is 11.6 Å². The van der Waals surface area contributed by atoms with E-state index in [-0.39, 0.29) is 0 Å². The van der Waals surface area contributed by atoms with Crippen molar-refractivity contribution >= 4 is 5.97 Å². The SMILES string of the molecule is CCC(=CCNCCC1CCCO1)C(=O)O. The zero-order valence-electron chi connectivity index (χ0n) is 9.87. The summed E-state index contributed by atoms with van der Waals surface area (Å²) < 4.78 is 5.49. The molecule has 0 aromatic carbocycles. The number of hydrogen-bond donors (Lipinski definition) is 2. The van der Waals surface area contributed by atoms with Crippen molar-refractivity contribution in [3.63, 3.8) is 0 Å². The number of rotatable bonds is 7. The summed E-state index contributed by atoms with van der Waals surface area (Å²) in [6.45, 7) is 4.26. The van der Waals surface area contributed by atoms with Crippen LogP contribution < -0.4 is 5.32 Å². The van der Waals surface area contributed by atoms with E-state index in [1.807, 2.05) is 6.92 Å². The lowest BCUT2D eigenvalue weighted by Gasteiger charge is -2.08. The molecule has 1 saturated heterocycles. The largest absolute Gasteiger partial charge is 0.478 e. The van der Waals surface area contributed by atoms with Gasteiger partial charge in [0, 0.05) is 18.7 Å². The zero-order chi connectivity index (χ0) is 11.8. The van der Waals surface area contributed by atoms with Gasteiger partial charge in [-0.1, -0.05) is 13.0 Å². The van der Waals surface area contributed by atoms with Gasteiger partial charge in [0.25, 0.3) is 0 Å². The van der Waals surface area contributed by atoms with Crippen LogP contribution in [0.4, 0.5) is 0 Å². The molecule has 4 nitrogen and oxygen atoms in total. The minimum absolute atomic E-state index is 0.404. The zero-order valence-corrected chi connectivity index (χ0v) is 9.87. The molecule has 0 aromatic heterocycles. The molecule has 1 aliphatic heterocycles. The van der Waals surface area contributed by atoms with Crippen LogP contribution in [0.2, 0.25) is 0 Å². The number of carboxylic acids is 1. The highest BCUT2D eigenvalue weighted by Crippen LogP contribution is 2.14. The number of carboxylic acid groups (broad SMARTS) is 1. The van der Waals surface area contributed by atoms with E-state index < -0.39 is 5.97 Å². The van der Waals surface area contributed by atoms with Gasteiger partial charge in [0.1, 0.15) is 0 Å². The van der Waals surface area contributed by atoms with Gasteiger partial charge in [0.15, 0.2) is 0 Å². The molecule has 1 unspecified atom stereocenters. The quantitative estimate of drug-likeness (QED) is 0.512. The molecule has 0 saturated carbocycles. The molecule has 0 aliphatic carbocycles. The van der Waals surface area contributed by atoms with Crippen LogP contribution in [0.3, 0.4) is 0 Å². The average Bonchev–Trinajstić information content (AvgIpc) is 2.75. The molecule has 92 valence electrons. The van der Waals surface area contributed by atoms with E-state index in [0.717, 1.165) is 26.0 Å². The number of hydrogen-bond acceptors (Lipinski definition) is 3. The van der Waals surface area contributed by atoms with E-state index >= 15 is 0 Å². The molecule has 1 heterocycles. The van der Waals surface area contributed by atoms with Crippen molar-refractivity contribution in [2.75, 3.05) is 19.7 Å². The Labute approximate surface area is 96.7 Å². The molecule has 0 spiro atoms. The third-order valence-corrected chi connectivity index (χ3v) is 2.82. The van der Waals surface area contributed by atoms with E-state index in [1.54, 1.807) is 6.08 Å². The Morgan fingerprint density at radius 2 is 2.44 bits per heavy atom. The molecule has 2 N–H and O–H groups in total. The van der Waals surface area contributed by atoms with Crippen LogP contribution in [0.25, 0.3) is 0 Å². The number of nitrogens with one attached hydrogen (secondary N) is 1. The molecule has 4 heteroatoms. The maximum Gasteiger partial charge on any atom is 0.331 e. The van der Waals surface area contributed by atoms with Crippen LogP contribution in [-0.2, 0) is 9.53 Å². The van der Waals surface area contributed by atoms with Crippen molar-refractivity contribution < 1.29 is 14.6 Å². The molecular weight excluding hydrogens is 206 g/mol. The standard InChI is InChI=1S/C12H21NO3/c1-2-10(12(14)15)5-7-13-8-6-11-4-3-9-16-11/h5,11,13H,2-4,6-9H2,1H3,(H,14,15). The van der Waals surface area contributed by atoms with Crippen molar-refractivity contribution in [1.29, 1.82) is 0 Å². The van der Waals surface area contributed by atoms with Gasteiger partial charge in [0.2, 0.25) is 0 Å². The second-order valence-corrected chi connectivity index (χ2v) is 4.02. The van der Waals surface area contributed by atoms with Crippen molar-refractivity contribution in [2.24, 2.45) is 0 Å². The molecule has 0 aromatic rings. The predicted octanol–water partition coefficient (Wildman–Crippen LogP) is 1.57. The van der Waals surface area contributed by atoms with Crippen molar-refractivity contribution in [2.45, 2.75) is 38.7 Å². The van der Waals surface area contributed by atoms with Crippen LogP contribution in [0.1, 0.15) is 32.6 Å². The van der Waals surface area contributed by atoms with Crippen LogP contribution in [0.5, 0.6) is 0 Å². The van der Waals surface area contributed by atoms with Gasteiger partial charge < -0.3 is 15.2 Å². The highest BCUT2D eigenvalue weighted by atomic mass is 16.5. The fourth-order valence-corrected chi connectivity index (χ4v) is 1.82. The van der Waals surface area contributed by atoms with Crippen molar-refractivity contribution in [1.82, 2.24) is 5.32 Å². The lowest BCUT2D eigenvalue weighted by molar-refractivity contribution is -0.132. The van der Waals surface area contributed by atoms with E-state index in [1.165, 1.54) is 6.42 Å². The van der Waals surface area contributed by atoms with Gasteiger partial charge in [-0.2, -0.15) is 0 Å². The summed E-state index contributed by atoms with van der Waals surface area (Å²) in [5, 5.41) is 12.0. The fourth-order valence-electron chi connectivity index (χ4n) is 1.82. The normalized spacial score (nSPS) is 21.3. The number of carbonyl (C=O) groups is 1. The monoisotopic (exact) mass is 227 g/mol. The maximum absolute atomic E-state index is 10.7. The molecular formula is C12H21NO3. The second kappa shape index (κ2) is 7.41. The molecule has 1 atom stereocenters. The lowest BCUT2D eigenvalue weighted by atomic mass is 10.2. The summed E-state index contributed by atoms with van der Waals surface area (Å²) in [5.74, 6) is -0.816. The van der Waals surface area contributed by atoms with Gasteiger partial charge in [-0.25, -0.2) is 4.79 Å². The number of aliphatic carboxylic acids is 1. The molecule has 16 heavy (non-hydrogen) atoms. The summed E-state index contributed by atoms with van der Waals surface area (Å²) in [5.41, 5.74) is 0.476. The Morgan fingerprint density at radius 3 is 3.00 bits per heavy atom. The number of ether oxygens (including phenoxy) is 1. The van der Waals surface area contributed by atoms with Crippen LogP contribution in [0, 0.1) is 0 Å². The Kier molecular flexibility index (Phi) is 6.11. The molecule has 1 fully saturated rings. The third-order valence-electron chi connectivity index (χ3n) is 2.82. The Balaban J connectivity index is 2.08. The molecule has 0 bridgehead atoms. The summed E-state index contributed by atoms with van der Waals surface area (Å²) in [4.78, 5) is 10.7. The first-order chi connectivity index (χ1) is 7.74. The molecule has 0 radical (unpaired) electrons. The predicted molar refractivity (Wildman–Crippen MR) is 62.5 cm³/mol. The molecule has 1 aliphatic rings. The Morgan fingerprint density at radius 1 is 1.62 bits per heavy atom. The first-order valence-electron chi connectivity index (χ1n) is 5.98. The second-order valence-electron chi connectivity index (χ2n) is 4.02. The fraction of sp³-hybridized carbons (Fsp3) is 0.750. The van der Waals surface area contributed by atoms with Crippen LogP contribution in [-0.4, -0.2) is 36.9 Å². The van der Waals surface area contributed by atoms with Crippen molar-refractivity contribution in [3.8, 4) is 0 Å². The van der Waals surface area contributed by atoms with E-state index in [9.17, 15) is 4.79 Å². The van der Waals surface area contributed by atoms with Crippen LogP contribution >= 0.6 is 0 Å². The molecule has 0 amide bonds. The Bertz CT molecular complexity index is 245. The van der Waals surface area contributed by atoms with Gasteiger partial charge in [-0.05, 0) is 32.2 Å². The Hall–Kier alpha value is -0.870. The van der Waals surface area contributed by atoms with E-state index in [0.29, 0.717) is 24.6 Å². The summed E-state index contributed by atoms with van der Waals surface area (Å²) in [6, 6.07) is 0. The summed E-state index contributed by atoms with van der Waals surface area (Å²) in [6.07, 6.45) is 6.07. The minimum atomic E-state index is -0.816. The summed E-state index contributed by atoms with van der Waals surface area (Å²) >= 11 is 0.